The minimum atomic E-state index is -4.70. The molecular weight excluding hydrogens is 669 g/mol. The summed E-state index contributed by atoms with van der Waals surface area (Å²) in [5.41, 5.74) is 1.01. The van der Waals surface area contributed by atoms with E-state index in [0.29, 0.717) is 36.0 Å². The average Bonchev–Trinajstić information content (AvgIpc) is 3.07. The van der Waals surface area contributed by atoms with Gasteiger partial charge in [0.05, 0.1) is 23.3 Å². The standard InChI is InChI=1S/C35H32N4O8S2/c1-35(20-10-15-23-11-4-2-5-12-23)27-17-9-8-16-26(27)31(40)30(32(35)41)33-36-28-19-18-25(21-29(28)48(44,45)38-33)37-49(46,47)39(34(42)43)22-24-13-6-3-7-14-24/h2-9,11-14,16-19,21,30,37H,10,15,20,22H2,1H3,(H,36,38)(H,42,43). The number of amides is 1. The van der Waals surface area contributed by atoms with E-state index in [0.717, 1.165) is 11.6 Å². The highest BCUT2D eigenvalue weighted by molar-refractivity contribution is 7.91. The van der Waals surface area contributed by atoms with E-state index in [9.17, 15) is 36.3 Å². The van der Waals surface area contributed by atoms with Crippen LogP contribution in [0.25, 0.3) is 0 Å². The molecule has 14 heteroatoms. The number of carbonyl (C=O) groups is 3. The van der Waals surface area contributed by atoms with E-state index in [4.69, 9.17) is 0 Å². The van der Waals surface area contributed by atoms with Gasteiger partial charge in [0.1, 0.15) is 16.6 Å². The maximum Gasteiger partial charge on any atom is 0.422 e. The van der Waals surface area contributed by atoms with Crippen LogP contribution in [-0.2, 0) is 43.4 Å². The zero-order valence-electron chi connectivity index (χ0n) is 26.2. The highest BCUT2D eigenvalue weighted by atomic mass is 32.2. The molecule has 0 bridgehead atoms. The van der Waals surface area contributed by atoms with Crippen molar-refractivity contribution in [3.8, 4) is 0 Å². The molecule has 252 valence electrons. The fraction of sp³-hybridized carbons (Fsp3) is 0.200. The molecule has 12 nitrogen and oxygen atoms in total. The number of hydrogen-bond acceptors (Lipinski definition) is 8. The van der Waals surface area contributed by atoms with Gasteiger partial charge in [-0.3, -0.25) is 14.3 Å². The van der Waals surface area contributed by atoms with Gasteiger partial charge < -0.3 is 10.4 Å². The second-order valence-electron chi connectivity index (χ2n) is 12.0. The quantitative estimate of drug-likeness (QED) is 0.183. The number of fused-ring (bicyclic) bond motifs is 2. The number of ketones is 2. The molecule has 1 aliphatic heterocycles. The van der Waals surface area contributed by atoms with Crippen molar-refractivity contribution in [2.75, 3.05) is 10.0 Å². The molecule has 49 heavy (non-hydrogen) atoms. The number of carbonyl (C=O) groups excluding carboxylic acids is 2. The molecule has 0 fully saturated rings. The van der Waals surface area contributed by atoms with E-state index in [2.05, 4.69) is 14.4 Å². The fourth-order valence-electron chi connectivity index (χ4n) is 6.28. The summed E-state index contributed by atoms with van der Waals surface area (Å²) < 4.78 is 59.4. The van der Waals surface area contributed by atoms with E-state index in [1.807, 2.05) is 30.3 Å². The SMILES string of the molecule is CC1(CCCc2ccccc2)C(=O)C(C2=NS(=O)(=O)c3cc(NS(=O)(=O)N(Cc4ccccc4)C(=O)O)ccc3N2)C(=O)c2ccccc21. The molecule has 1 heterocycles. The number of Topliss-reactive ketones (excluding diaryl/α,β-unsaturated/α-hetero) is 2. The molecule has 0 spiro atoms. The van der Waals surface area contributed by atoms with Gasteiger partial charge in [-0.25, -0.2) is 4.79 Å². The van der Waals surface area contributed by atoms with Crippen LogP contribution in [0, 0.1) is 5.92 Å². The van der Waals surface area contributed by atoms with Gasteiger partial charge in [0.2, 0.25) is 0 Å². The number of rotatable bonds is 10. The first-order valence-corrected chi connectivity index (χ1v) is 18.2. The third-order valence-corrected chi connectivity index (χ3v) is 11.5. The van der Waals surface area contributed by atoms with Crippen molar-refractivity contribution in [2.45, 2.75) is 43.0 Å². The van der Waals surface area contributed by atoms with Gasteiger partial charge in [-0.05, 0) is 61.1 Å². The summed E-state index contributed by atoms with van der Waals surface area (Å²) in [5.74, 6) is -2.94. The first kappa shape index (κ1) is 33.6. The highest BCUT2D eigenvalue weighted by Gasteiger charge is 2.51. The van der Waals surface area contributed by atoms with E-state index in [1.165, 1.54) is 12.1 Å². The van der Waals surface area contributed by atoms with Crippen LogP contribution < -0.4 is 10.0 Å². The Morgan fingerprint density at radius 3 is 2.24 bits per heavy atom. The molecule has 4 aromatic carbocycles. The summed E-state index contributed by atoms with van der Waals surface area (Å²) in [5, 5.41) is 12.5. The predicted molar refractivity (Wildman–Crippen MR) is 183 cm³/mol. The Kier molecular flexibility index (Phi) is 8.86. The van der Waals surface area contributed by atoms with Gasteiger partial charge in [0.25, 0.3) is 10.0 Å². The van der Waals surface area contributed by atoms with Crippen molar-refractivity contribution in [3.05, 3.63) is 125 Å². The lowest BCUT2D eigenvalue weighted by atomic mass is 9.63. The Balaban J connectivity index is 1.28. The molecule has 2 atom stereocenters. The van der Waals surface area contributed by atoms with Crippen molar-refractivity contribution in [1.82, 2.24) is 4.31 Å². The van der Waals surface area contributed by atoms with Crippen LogP contribution in [0.3, 0.4) is 0 Å². The Labute approximate surface area is 283 Å². The fourth-order valence-corrected chi connectivity index (χ4v) is 8.52. The number of nitrogens with zero attached hydrogens (tertiary/aromatic N) is 2. The second kappa shape index (κ2) is 12.9. The largest absolute Gasteiger partial charge is 0.464 e. The molecular formula is C35H32N4O8S2. The zero-order valence-corrected chi connectivity index (χ0v) is 27.9. The van der Waals surface area contributed by atoms with Gasteiger partial charge in [0, 0.05) is 5.56 Å². The summed E-state index contributed by atoms with van der Waals surface area (Å²) in [4.78, 5) is 39.6. The highest BCUT2D eigenvalue weighted by Crippen LogP contribution is 2.42. The third-order valence-electron chi connectivity index (χ3n) is 8.77. The van der Waals surface area contributed by atoms with E-state index in [-0.39, 0.29) is 21.5 Å². The van der Waals surface area contributed by atoms with Crippen LogP contribution in [0.1, 0.15) is 46.8 Å². The summed E-state index contributed by atoms with van der Waals surface area (Å²) in [7, 11) is -9.26. The summed E-state index contributed by atoms with van der Waals surface area (Å²) in [6.45, 7) is 1.28. The van der Waals surface area contributed by atoms with Gasteiger partial charge >= 0.3 is 16.3 Å². The smallest absolute Gasteiger partial charge is 0.422 e. The zero-order chi connectivity index (χ0) is 35.0. The summed E-state index contributed by atoms with van der Waals surface area (Å²) in [6, 6.07) is 28.2. The topological polar surface area (TPSA) is 179 Å². The molecule has 0 saturated heterocycles. The third kappa shape index (κ3) is 6.56. The molecule has 0 radical (unpaired) electrons. The van der Waals surface area contributed by atoms with Crippen LogP contribution in [0.15, 0.2) is 112 Å². The number of amidine groups is 1. The number of sulfonamides is 1. The molecule has 3 N–H and O–H groups in total. The number of carboxylic acid groups (broad SMARTS) is 1. The minimum absolute atomic E-state index is 0.0300. The van der Waals surface area contributed by atoms with Gasteiger partial charge in [-0.1, -0.05) is 84.9 Å². The monoisotopic (exact) mass is 700 g/mol. The Morgan fingerprint density at radius 1 is 0.939 bits per heavy atom. The number of hydrogen-bond donors (Lipinski definition) is 3. The van der Waals surface area contributed by atoms with Crippen LogP contribution in [0.4, 0.5) is 16.2 Å². The molecule has 6 rings (SSSR count). The van der Waals surface area contributed by atoms with E-state index in [1.54, 1.807) is 61.5 Å². The lowest BCUT2D eigenvalue weighted by Gasteiger charge is -2.38. The van der Waals surface area contributed by atoms with Gasteiger partial charge in [0.15, 0.2) is 11.6 Å². The molecule has 4 aromatic rings. The molecule has 0 aromatic heterocycles. The van der Waals surface area contributed by atoms with Gasteiger partial charge in [-0.2, -0.15) is 21.1 Å². The normalized spacial score (nSPS) is 19.5. The lowest BCUT2D eigenvalue weighted by molar-refractivity contribution is -0.125. The van der Waals surface area contributed by atoms with Crippen LogP contribution in [0.2, 0.25) is 0 Å². The molecule has 2 unspecified atom stereocenters. The molecule has 1 aliphatic carbocycles. The van der Waals surface area contributed by atoms with E-state index >= 15 is 0 Å². The number of aryl methyl sites for hydroxylation is 1. The first-order chi connectivity index (χ1) is 23.3. The maximum atomic E-state index is 14.3. The molecule has 2 aliphatic rings. The van der Waals surface area contributed by atoms with Crippen LogP contribution in [-0.4, -0.2) is 49.7 Å². The number of anilines is 2. The van der Waals surface area contributed by atoms with Crippen molar-refractivity contribution >= 4 is 55.1 Å². The molecule has 1 amide bonds. The van der Waals surface area contributed by atoms with Crippen LogP contribution in [0.5, 0.6) is 0 Å². The number of benzene rings is 4. The van der Waals surface area contributed by atoms with Gasteiger partial charge in [-0.15, -0.1) is 4.40 Å². The summed E-state index contributed by atoms with van der Waals surface area (Å²) in [6.07, 6.45) is -0.00704. The summed E-state index contributed by atoms with van der Waals surface area (Å²) >= 11 is 0. The van der Waals surface area contributed by atoms with Crippen molar-refractivity contribution in [1.29, 1.82) is 0 Å². The maximum absolute atomic E-state index is 14.3. The van der Waals surface area contributed by atoms with Crippen molar-refractivity contribution in [3.63, 3.8) is 0 Å². The Hall–Kier alpha value is -5.34. The Morgan fingerprint density at radius 2 is 1.57 bits per heavy atom. The molecule has 0 saturated carbocycles. The lowest BCUT2D eigenvalue weighted by Crippen LogP contribution is -2.51. The van der Waals surface area contributed by atoms with Crippen LogP contribution >= 0.6 is 0 Å². The minimum Gasteiger partial charge on any atom is -0.464 e. The average molecular weight is 701 g/mol. The predicted octanol–water partition coefficient (Wildman–Crippen LogP) is 5.40. The first-order valence-electron chi connectivity index (χ1n) is 15.4. The van der Waals surface area contributed by atoms with E-state index < -0.39 is 60.7 Å². The number of nitrogens with one attached hydrogen (secondary N) is 2. The second-order valence-corrected chi connectivity index (χ2v) is 15.2. The Bertz CT molecular complexity index is 2210. The van der Waals surface area contributed by atoms with Crippen molar-refractivity contribution in [2.24, 2.45) is 10.3 Å². The van der Waals surface area contributed by atoms with Crippen molar-refractivity contribution < 1.29 is 36.3 Å².